The molecule has 7 nitrogen and oxygen atoms in total. The fourth-order valence-corrected chi connectivity index (χ4v) is 4.04. The Balaban J connectivity index is 1.66. The van der Waals surface area contributed by atoms with Gasteiger partial charge in [0, 0.05) is 37.8 Å². The van der Waals surface area contributed by atoms with Crippen molar-refractivity contribution in [3.8, 4) is 0 Å². The van der Waals surface area contributed by atoms with Crippen molar-refractivity contribution in [1.29, 1.82) is 0 Å². The molecule has 3 N–H and O–H groups in total. The van der Waals surface area contributed by atoms with E-state index in [4.69, 9.17) is 10.5 Å². The van der Waals surface area contributed by atoms with Crippen LogP contribution in [0.2, 0.25) is 0 Å². The third-order valence-corrected chi connectivity index (χ3v) is 5.45. The monoisotopic (exact) mass is 359 g/mol. The van der Waals surface area contributed by atoms with E-state index >= 15 is 0 Å². The van der Waals surface area contributed by atoms with Gasteiger partial charge in [0.15, 0.2) is 0 Å². The van der Waals surface area contributed by atoms with Crippen molar-refractivity contribution in [3.05, 3.63) is 23.9 Å². The average Bonchev–Trinajstić information content (AvgIpc) is 2.99. The fourth-order valence-electron chi connectivity index (χ4n) is 4.04. The van der Waals surface area contributed by atoms with Crippen LogP contribution in [0.5, 0.6) is 0 Å². The largest absolute Gasteiger partial charge is 0.370 e. The minimum Gasteiger partial charge on any atom is -0.370 e. The van der Waals surface area contributed by atoms with Gasteiger partial charge < -0.3 is 20.7 Å². The molecule has 1 aromatic heterocycles. The summed E-state index contributed by atoms with van der Waals surface area (Å²) in [6, 6.07) is 0. The number of anilines is 2. The van der Waals surface area contributed by atoms with Crippen LogP contribution in [-0.2, 0) is 16.0 Å². The van der Waals surface area contributed by atoms with Crippen LogP contribution in [-0.4, -0.2) is 47.2 Å². The Hall–Kier alpha value is -2.15. The van der Waals surface area contributed by atoms with Gasteiger partial charge in [-0.1, -0.05) is 6.08 Å². The standard InChI is InChI=1S/C19H29N5O2/c1-4-5-16-13(2)22-18(20)23-17(16)24-10-8-19(9-11-24)7-6-15(26-19)12-21-14(3)25/h4,15H,1,5-12H2,2-3H3,(H,21,25)(H2,20,22,23)/t15-/m0/s1. The number of ether oxygens (including phenoxy) is 1. The number of nitrogens with two attached hydrogens (primary N) is 1. The molecule has 2 saturated heterocycles. The van der Waals surface area contributed by atoms with Crippen LogP contribution in [0.25, 0.3) is 0 Å². The molecule has 0 unspecified atom stereocenters. The van der Waals surface area contributed by atoms with E-state index in [9.17, 15) is 4.79 Å². The predicted octanol–water partition coefficient (Wildman–Crippen LogP) is 1.75. The van der Waals surface area contributed by atoms with Crippen molar-refractivity contribution in [1.82, 2.24) is 15.3 Å². The molecule has 142 valence electrons. The number of aryl methyl sites for hydroxylation is 1. The van der Waals surface area contributed by atoms with E-state index in [0.717, 1.165) is 62.3 Å². The Morgan fingerprint density at radius 2 is 2.15 bits per heavy atom. The summed E-state index contributed by atoms with van der Waals surface area (Å²) in [6.45, 7) is 9.73. The Labute approximate surface area is 155 Å². The molecule has 0 bridgehead atoms. The van der Waals surface area contributed by atoms with Crippen molar-refractivity contribution in [2.24, 2.45) is 0 Å². The first-order valence-corrected chi connectivity index (χ1v) is 9.33. The van der Waals surface area contributed by atoms with Crippen molar-refractivity contribution < 1.29 is 9.53 Å². The van der Waals surface area contributed by atoms with Gasteiger partial charge in [0.1, 0.15) is 5.82 Å². The van der Waals surface area contributed by atoms with Gasteiger partial charge in [0.05, 0.1) is 11.7 Å². The lowest BCUT2D eigenvalue weighted by atomic mass is 9.88. The first kappa shape index (κ1) is 18.6. The minimum absolute atomic E-state index is 0.00385. The summed E-state index contributed by atoms with van der Waals surface area (Å²) in [5.41, 5.74) is 7.84. The first-order chi connectivity index (χ1) is 12.4. The summed E-state index contributed by atoms with van der Waals surface area (Å²) >= 11 is 0. The smallest absolute Gasteiger partial charge is 0.222 e. The summed E-state index contributed by atoms with van der Waals surface area (Å²) in [7, 11) is 0. The van der Waals surface area contributed by atoms with Gasteiger partial charge in [0.25, 0.3) is 0 Å². The van der Waals surface area contributed by atoms with Gasteiger partial charge in [-0.2, -0.15) is 4.98 Å². The van der Waals surface area contributed by atoms with Crippen LogP contribution in [0.3, 0.4) is 0 Å². The quantitative estimate of drug-likeness (QED) is 0.778. The summed E-state index contributed by atoms with van der Waals surface area (Å²) in [4.78, 5) is 22.2. The lowest BCUT2D eigenvalue weighted by Crippen LogP contribution is -2.45. The summed E-state index contributed by atoms with van der Waals surface area (Å²) in [6.07, 6.45) is 6.71. The molecule has 3 heterocycles. The van der Waals surface area contributed by atoms with E-state index in [1.54, 1.807) is 6.92 Å². The van der Waals surface area contributed by atoms with Crippen LogP contribution in [0, 0.1) is 6.92 Å². The lowest BCUT2D eigenvalue weighted by Gasteiger charge is -2.40. The van der Waals surface area contributed by atoms with Gasteiger partial charge in [-0.3, -0.25) is 4.79 Å². The maximum Gasteiger partial charge on any atom is 0.222 e. The third-order valence-electron chi connectivity index (χ3n) is 5.45. The molecule has 1 amide bonds. The highest BCUT2D eigenvalue weighted by Crippen LogP contribution is 2.40. The molecule has 2 fully saturated rings. The number of carbonyl (C=O) groups excluding carboxylic acids is 1. The van der Waals surface area contributed by atoms with E-state index in [1.807, 2.05) is 13.0 Å². The van der Waals surface area contributed by atoms with Crippen molar-refractivity contribution in [2.45, 2.75) is 57.7 Å². The highest BCUT2D eigenvalue weighted by atomic mass is 16.5. The molecule has 1 spiro atoms. The summed E-state index contributed by atoms with van der Waals surface area (Å²) in [5.74, 6) is 1.24. The van der Waals surface area contributed by atoms with Crippen molar-refractivity contribution in [2.75, 3.05) is 30.3 Å². The Morgan fingerprint density at radius 3 is 2.81 bits per heavy atom. The molecule has 0 radical (unpaired) electrons. The third kappa shape index (κ3) is 3.98. The molecule has 3 rings (SSSR count). The number of allylic oxidation sites excluding steroid dienone is 1. The van der Waals surface area contributed by atoms with Crippen LogP contribution in [0.15, 0.2) is 12.7 Å². The highest BCUT2D eigenvalue weighted by Gasteiger charge is 2.42. The molecule has 0 aromatic carbocycles. The van der Waals surface area contributed by atoms with E-state index < -0.39 is 0 Å². The SMILES string of the molecule is C=CCc1c(C)nc(N)nc1N1CCC2(CC[C@@H](CNC(C)=O)O2)CC1. The molecule has 1 atom stereocenters. The van der Waals surface area contributed by atoms with E-state index in [2.05, 4.69) is 26.8 Å². The van der Waals surface area contributed by atoms with Crippen LogP contribution >= 0.6 is 0 Å². The highest BCUT2D eigenvalue weighted by molar-refractivity contribution is 5.72. The van der Waals surface area contributed by atoms with E-state index in [0.29, 0.717) is 12.5 Å². The molecular formula is C19H29N5O2. The molecule has 7 heteroatoms. The Bertz CT molecular complexity index is 683. The number of carbonyl (C=O) groups is 1. The molecular weight excluding hydrogens is 330 g/mol. The zero-order valence-electron chi connectivity index (χ0n) is 15.8. The number of nitrogen functional groups attached to an aromatic ring is 1. The molecule has 26 heavy (non-hydrogen) atoms. The zero-order valence-corrected chi connectivity index (χ0v) is 15.8. The number of piperidine rings is 1. The van der Waals surface area contributed by atoms with Gasteiger partial charge in [-0.15, -0.1) is 6.58 Å². The van der Waals surface area contributed by atoms with Gasteiger partial charge in [0.2, 0.25) is 11.9 Å². The maximum absolute atomic E-state index is 11.1. The second-order valence-corrected chi connectivity index (χ2v) is 7.35. The fraction of sp³-hybridized carbons (Fsp3) is 0.632. The maximum atomic E-state index is 11.1. The van der Waals surface area contributed by atoms with Gasteiger partial charge in [-0.05, 0) is 39.0 Å². The molecule has 1 aromatic rings. The van der Waals surface area contributed by atoms with Crippen LogP contribution < -0.4 is 16.0 Å². The number of amides is 1. The predicted molar refractivity (Wildman–Crippen MR) is 102 cm³/mol. The average molecular weight is 359 g/mol. The Morgan fingerprint density at radius 1 is 1.42 bits per heavy atom. The molecule has 2 aliphatic rings. The normalized spacial score (nSPS) is 21.8. The number of nitrogens with one attached hydrogen (secondary N) is 1. The van der Waals surface area contributed by atoms with Crippen molar-refractivity contribution >= 4 is 17.7 Å². The van der Waals surface area contributed by atoms with Gasteiger partial charge >= 0.3 is 0 Å². The number of aromatic nitrogens is 2. The Kier molecular flexibility index (Phi) is 5.46. The summed E-state index contributed by atoms with van der Waals surface area (Å²) < 4.78 is 6.33. The van der Waals surface area contributed by atoms with E-state index in [-0.39, 0.29) is 17.6 Å². The second-order valence-electron chi connectivity index (χ2n) is 7.35. The van der Waals surface area contributed by atoms with Crippen LogP contribution in [0.1, 0.15) is 43.9 Å². The topological polar surface area (TPSA) is 93.4 Å². The molecule has 0 aliphatic carbocycles. The number of nitrogens with zero attached hydrogens (tertiary/aromatic N) is 3. The number of hydrogen-bond acceptors (Lipinski definition) is 6. The first-order valence-electron chi connectivity index (χ1n) is 9.33. The van der Waals surface area contributed by atoms with Gasteiger partial charge in [-0.25, -0.2) is 4.98 Å². The summed E-state index contributed by atoms with van der Waals surface area (Å²) in [5, 5.41) is 2.86. The van der Waals surface area contributed by atoms with Crippen molar-refractivity contribution in [3.63, 3.8) is 0 Å². The zero-order chi connectivity index (χ0) is 18.7. The second kappa shape index (κ2) is 7.61. The van der Waals surface area contributed by atoms with Crippen LogP contribution in [0.4, 0.5) is 11.8 Å². The molecule has 0 saturated carbocycles. The number of hydrogen-bond donors (Lipinski definition) is 2. The number of rotatable bonds is 5. The lowest BCUT2D eigenvalue weighted by molar-refractivity contribution is -0.120. The van der Waals surface area contributed by atoms with E-state index in [1.165, 1.54) is 0 Å². The minimum atomic E-state index is -0.0636. The molecule has 2 aliphatic heterocycles.